The highest BCUT2D eigenvalue weighted by atomic mass is 15.3. The van der Waals surface area contributed by atoms with Crippen LogP contribution in [0, 0.1) is 13.8 Å². The monoisotopic (exact) mass is 271 g/mol. The number of aryl methyl sites for hydroxylation is 3. The van der Waals surface area contributed by atoms with Gasteiger partial charge in [0, 0.05) is 18.8 Å². The summed E-state index contributed by atoms with van der Waals surface area (Å²) in [6.45, 7) is 6.36. The van der Waals surface area contributed by atoms with Crippen LogP contribution in [0.15, 0.2) is 24.3 Å². The molecule has 0 fully saturated rings. The third kappa shape index (κ3) is 3.10. The molecule has 0 radical (unpaired) electrons. The summed E-state index contributed by atoms with van der Waals surface area (Å²) in [5, 5.41) is 4.46. The predicted octanol–water partition coefficient (Wildman–Crippen LogP) is 3.23. The zero-order chi connectivity index (χ0) is 14.7. The van der Waals surface area contributed by atoms with Crippen molar-refractivity contribution >= 4 is 0 Å². The van der Waals surface area contributed by atoms with Crippen LogP contribution in [0.2, 0.25) is 0 Å². The van der Waals surface area contributed by atoms with Gasteiger partial charge in [0.1, 0.15) is 0 Å². The normalized spacial score (nSPS) is 12.7. The molecule has 0 bridgehead atoms. The molecule has 1 heterocycles. The molecule has 0 aliphatic carbocycles. The summed E-state index contributed by atoms with van der Waals surface area (Å²) in [4.78, 5) is 0. The van der Waals surface area contributed by atoms with E-state index in [-0.39, 0.29) is 6.04 Å². The fourth-order valence-corrected chi connectivity index (χ4v) is 2.65. The third-order valence-electron chi connectivity index (χ3n) is 4.18. The van der Waals surface area contributed by atoms with Gasteiger partial charge in [-0.2, -0.15) is 5.10 Å². The van der Waals surface area contributed by atoms with Crippen LogP contribution in [0.25, 0.3) is 0 Å². The van der Waals surface area contributed by atoms with Crippen molar-refractivity contribution in [2.24, 2.45) is 12.8 Å². The Morgan fingerprint density at radius 1 is 1.20 bits per heavy atom. The minimum absolute atomic E-state index is 0.0971. The van der Waals surface area contributed by atoms with Gasteiger partial charge >= 0.3 is 0 Å². The minimum atomic E-state index is 0.0971. The van der Waals surface area contributed by atoms with Crippen LogP contribution in [0.1, 0.15) is 47.5 Å². The summed E-state index contributed by atoms with van der Waals surface area (Å²) in [7, 11) is 2.00. The number of benzene rings is 1. The maximum Gasteiger partial charge on any atom is 0.0628 e. The maximum atomic E-state index is 6.31. The minimum Gasteiger partial charge on any atom is -0.324 e. The summed E-state index contributed by atoms with van der Waals surface area (Å²) in [6.07, 6.45) is 3.02. The Morgan fingerprint density at radius 2 is 1.85 bits per heavy atom. The molecule has 2 aromatic rings. The van der Waals surface area contributed by atoms with Crippen LogP contribution in [0.3, 0.4) is 0 Å². The molecule has 1 atom stereocenters. The van der Waals surface area contributed by atoms with Gasteiger partial charge in [0.2, 0.25) is 0 Å². The van der Waals surface area contributed by atoms with Crippen molar-refractivity contribution in [3.63, 3.8) is 0 Å². The van der Waals surface area contributed by atoms with Crippen molar-refractivity contribution in [1.29, 1.82) is 0 Å². The molecule has 0 saturated heterocycles. The average Bonchev–Trinajstić information content (AvgIpc) is 2.70. The van der Waals surface area contributed by atoms with E-state index in [0.717, 1.165) is 25.0 Å². The molecule has 0 amide bonds. The van der Waals surface area contributed by atoms with E-state index in [1.54, 1.807) is 0 Å². The van der Waals surface area contributed by atoms with Gasteiger partial charge in [0.05, 0.1) is 5.69 Å². The number of nitrogens with zero attached hydrogens (tertiary/aromatic N) is 2. The molecule has 0 aliphatic heterocycles. The second kappa shape index (κ2) is 6.23. The summed E-state index contributed by atoms with van der Waals surface area (Å²) in [6, 6.07) is 8.77. The molecular formula is C17H25N3. The first-order valence-electron chi connectivity index (χ1n) is 7.36. The lowest BCUT2D eigenvalue weighted by Crippen LogP contribution is -2.11. The topological polar surface area (TPSA) is 43.8 Å². The lowest BCUT2D eigenvalue weighted by atomic mass is 9.98. The maximum absolute atomic E-state index is 6.31. The van der Waals surface area contributed by atoms with Crippen molar-refractivity contribution in [1.82, 2.24) is 9.78 Å². The lowest BCUT2D eigenvalue weighted by Gasteiger charge is -2.13. The quantitative estimate of drug-likeness (QED) is 0.907. The Bertz CT molecular complexity index is 567. The van der Waals surface area contributed by atoms with E-state index in [0.29, 0.717) is 0 Å². The number of aromatic nitrogens is 2. The van der Waals surface area contributed by atoms with Crippen LogP contribution >= 0.6 is 0 Å². The van der Waals surface area contributed by atoms with Gasteiger partial charge in [-0.1, -0.05) is 31.2 Å². The predicted molar refractivity (Wildman–Crippen MR) is 83.8 cm³/mol. The van der Waals surface area contributed by atoms with Gasteiger partial charge in [-0.25, -0.2) is 0 Å². The summed E-state index contributed by atoms with van der Waals surface area (Å²) in [5.74, 6) is 0. The van der Waals surface area contributed by atoms with Crippen molar-refractivity contribution in [3.8, 4) is 0 Å². The average molecular weight is 271 g/mol. The molecule has 20 heavy (non-hydrogen) atoms. The second-order valence-electron chi connectivity index (χ2n) is 5.51. The van der Waals surface area contributed by atoms with E-state index in [9.17, 15) is 0 Å². The molecule has 1 aromatic heterocycles. The van der Waals surface area contributed by atoms with E-state index in [4.69, 9.17) is 5.73 Å². The smallest absolute Gasteiger partial charge is 0.0628 e. The Labute approximate surface area is 121 Å². The highest BCUT2D eigenvalue weighted by Crippen LogP contribution is 2.20. The largest absolute Gasteiger partial charge is 0.324 e. The Balaban J connectivity index is 2.02. The van der Waals surface area contributed by atoms with E-state index >= 15 is 0 Å². The summed E-state index contributed by atoms with van der Waals surface area (Å²) < 4.78 is 1.95. The number of rotatable bonds is 5. The first kappa shape index (κ1) is 14.8. The van der Waals surface area contributed by atoms with Gasteiger partial charge in [-0.05, 0) is 49.8 Å². The van der Waals surface area contributed by atoms with E-state index in [1.165, 1.54) is 22.4 Å². The highest BCUT2D eigenvalue weighted by molar-refractivity contribution is 5.27. The van der Waals surface area contributed by atoms with Crippen LogP contribution in [0.5, 0.6) is 0 Å². The summed E-state index contributed by atoms with van der Waals surface area (Å²) >= 11 is 0. The Kier molecular flexibility index (Phi) is 4.61. The molecule has 2 rings (SSSR count). The van der Waals surface area contributed by atoms with Crippen LogP contribution < -0.4 is 5.73 Å². The van der Waals surface area contributed by atoms with Crippen LogP contribution in [-0.2, 0) is 19.9 Å². The molecule has 0 saturated carbocycles. The molecule has 108 valence electrons. The molecule has 0 aliphatic rings. The lowest BCUT2D eigenvalue weighted by molar-refractivity contribution is 0.647. The van der Waals surface area contributed by atoms with Crippen molar-refractivity contribution in [2.75, 3.05) is 0 Å². The van der Waals surface area contributed by atoms with Crippen molar-refractivity contribution in [2.45, 2.75) is 46.1 Å². The molecule has 3 nitrogen and oxygen atoms in total. The SMILES string of the molecule is CCc1ccc(C(N)CCc2c(C)nn(C)c2C)cc1. The van der Waals surface area contributed by atoms with E-state index < -0.39 is 0 Å². The standard InChI is InChI=1S/C17H25N3/c1-5-14-6-8-15(9-7-14)17(18)11-10-16-12(2)19-20(4)13(16)3/h6-9,17H,5,10-11,18H2,1-4H3. The van der Waals surface area contributed by atoms with Crippen LogP contribution in [0.4, 0.5) is 0 Å². The molecule has 1 unspecified atom stereocenters. The van der Waals surface area contributed by atoms with Crippen LogP contribution in [-0.4, -0.2) is 9.78 Å². The fraction of sp³-hybridized carbons (Fsp3) is 0.471. The zero-order valence-electron chi connectivity index (χ0n) is 13.0. The number of hydrogen-bond acceptors (Lipinski definition) is 2. The molecule has 1 aromatic carbocycles. The highest BCUT2D eigenvalue weighted by Gasteiger charge is 2.12. The van der Waals surface area contributed by atoms with Gasteiger partial charge in [0.25, 0.3) is 0 Å². The number of nitrogens with two attached hydrogens (primary N) is 1. The summed E-state index contributed by atoms with van der Waals surface area (Å²) in [5.41, 5.74) is 12.6. The molecule has 0 spiro atoms. The Hall–Kier alpha value is -1.61. The Morgan fingerprint density at radius 3 is 2.35 bits per heavy atom. The van der Waals surface area contributed by atoms with Crippen molar-refractivity contribution < 1.29 is 0 Å². The second-order valence-corrected chi connectivity index (χ2v) is 5.51. The molecule has 3 heteroatoms. The van der Waals surface area contributed by atoms with E-state index in [1.807, 2.05) is 11.7 Å². The zero-order valence-corrected chi connectivity index (χ0v) is 13.0. The number of hydrogen-bond donors (Lipinski definition) is 1. The first-order valence-corrected chi connectivity index (χ1v) is 7.36. The van der Waals surface area contributed by atoms with Crippen molar-refractivity contribution in [3.05, 3.63) is 52.3 Å². The van der Waals surface area contributed by atoms with Gasteiger partial charge in [-0.15, -0.1) is 0 Å². The van der Waals surface area contributed by atoms with Gasteiger partial charge in [-0.3, -0.25) is 4.68 Å². The first-order chi connectivity index (χ1) is 9.52. The van der Waals surface area contributed by atoms with Gasteiger partial charge in [0.15, 0.2) is 0 Å². The van der Waals surface area contributed by atoms with E-state index in [2.05, 4.69) is 50.1 Å². The molecular weight excluding hydrogens is 246 g/mol. The fourth-order valence-electron chi connectivity index (χ4n) is 2.65. The van der Waals surface area contributed by atoms with Gasteiger partial charge < -0.3 is 5.73 Å². The third-order valence-corrected chi connectivity index (χ3v) is 4.18. The molecule has 2 N–H and O–H groups in total.